The minimum Gasteiger partial charge on any atom is -0.392 e. The minimum absolute atomic E-state index is 0.226. The number of nitriles is 1. The molecule has 0 amide bonds. The van der Waals surface area contributed by atoms with Crippen molar-refractivity contribution in [3.05, 3.63) is 33.8 Å². The van der Waals surface area contributed by atoms with Gasteiger partial charge < -0.3 is 5.11 Å². The van der Waals surface area contributed by atoms with Crippen molar-refractivity contribution in [3.63, 3.8) is 0 Å². The third kappa shape index (κ3) is 3.11. The van der Waals surface area contributed by atoms with Crippen LogP contribution < -0.4 is 0 Å². The van der Waals surface area contributed by atoms with Crippen LogP contribution in [-0.2, 0) is 6.54 Å². The highest BCUT2D eigenvalue weighted by Crippen LogP contribution is 2.23. The average Bonchev–Trinajstić information content (AvgIpc) is 2.36. The summed E-state index contributed by atoms with van der Waals surface area (Å²) in [5.74, 6) is 0.394. The van der Waals surface area contributed by atoms with E-state index in [2.05, 4.69) is 33.8 Å². The molecule has 18 heavy (non-hydrogen) atoms. The van der Waals surface area contributed by atoms with Crippen LogP contribution in [0.3, 0.4) is 0 Å². The Bertz CT molecular complexity index is 469. The summed E-state index contributed by atoms with van der Waals surface area (Å²) in [6, 6.07) is 7.79. The zero-order valence-electron chi connectivity index (χ0n) is 10.4. The number of likely N-dealkylation sites (tertiary alicyclic amines) is 1. The van der Waals surface area contributed by atoms with E-state index in [0.29, 0.717) is 11.5 Å². The Labute approximate surface area is 116 Å². The third-order valence-corrected chi connectivity index (χ3v) is 4.32. The molecular formula is C14H17BrN2O. The van der Waals surface area contributed by atoms with Gasteiger partial charge in [-0.1, -0.05) is 28.9 Å². The number of hydrogen-bond donors (Lipinski definition) is 1. The molecule has 2 atom stereocenters. The highest BCUT2D eigenvalue weighted by molar-refractivity contribution is 9.10. The number of aliphatic hydroxyl groups is 1. The Kier molecular flexibility index (Phi) is 4.39. The molecule has 1 aliphatic heterocycles. The van der Waals surface area contributed by atoms with E-state index in [-0.39, 0.29) is 6.10 Å². The third-order valence-electron chi connectivity index (χ3n) is 3.58. The number of β-amino-alcohol motifs (C(OH)–C–C–N with tert-alkyl or cyclic N) is 1. The lowest BCUT2D eigenvalue weighted by Crippen LogP contribution is -2.42. The van der Waals surface area contributed by atoms with Gasteiger partial charge in [-0.15, -0.1) is 0 Å². The van der Waals surface area contributed by atoms with Gasteiger partial charge >= 0.3 is 0 Å². The maximum absolute atomic E-state index is 9.88. The number of nitrogens with zero attached hydrogens (tertiary/aromatic N) is 2. The van der Waals surface area contributed by atoms with Gasteiger partial charge in [0.25, 0.3) is 0 Å². The molecule has 2 rings (SSSR count). The van der Waals surface area contributed by atoms with Crippen molar-refractivity contribution >= 4 is 15.9 Å². The lowest BCUT2D eigenvalue weighted by atomic mass is 9.96. The molecule has 0 unspecified atom stereocenters. The van der Waals surface area contributed by atoms with E-state index >= 15 is 0 Å². The largest absolute Gasteiger partial charge is 0.392 e. The smallest absolute Gasteiger partial charge is 0.0992 e. The van der Waals surface area contributed by atoms with Gasteiger partial charge in [0.1, 0.15) is 0 Å². The zero-order chi connectivity index (χ0) is 13.1. The van der Waals surface area contributed by atoms with Crippen molar-refractivity contribution in [1.29, 1.82) is 5.26 Å². The molecule has 1 saturated heterocycles. The van der Waals surface area contributed by atoms with Crippen LogP contribution in [0.4, 0.5) is 0 Å². The maximum Gasteiger partial charge on any atom is 0.0992 e. The van der Waals surface area contributed by atoms with Crippen molar-refractivity contribution in [2.24, 2.45) is 5.92 Å². The molecule has 4 heteroatoms. The molecule has 3 nitrogen and oxygen atoms in total. The monoisotopic (exact) mass is 308 g/mol. The average molecular weight is 309 g/mol. The Morgan fingerprint density at radius 3 is 2.94 bits per heavy atom. The summed E-state index contributed by atoms with van der Waals surface area (Å²) >= 11 is 3.50. The molecule has 0 saturated carbocycles. The number of halogens is 1. The molecular weight excluding hydrogens is 292 g/mol. The first-order valence-electron chi connectivity index (χ1n) is 6.19. The van der Waals surface area contributed by atoms with Crippen LogP contribution in [0.25, 0.3) is 0 Å². The first kappa shape index (κ1) is 13.5. The summed E-state index contributed by atoms with van der Waals surface area (Å²) in [6.45, 7) is 4.66. The molecule has 1 aromatic rings. The van der Waals surface area contributed by atoms with Crippen molar-refractivity contribution in [3.8, 4) is 6.07 Å². The fraction of sp³-hybridized carbons (Fsp3) is 0.500. The van der Waals surface area contributed by atoms with Crippen LogP contribution >= 0.6 is 15.9 Å². The summed E-state index contributed by atoms with van der Waals surface area (Å²) in [7, 11) is 0. The second-order valence-corrected chi connectivity index (χ2v) is 5.84. The summed E-state index contributed by atoms with van der Waals surface area (Å²) in [5.41, 5.74) is 1.83. The molecule has 1 aliphatic rings. The number of piperidine rings is 1. The van der Waals surface area contributed by atoms with E-state index in [9.17, 15) is 5.11 Å². The van der Waals surface area contributed by atoms with E-state index in [1.54, 1.807) is 0 Å². The lowest BCUT2D eigenvalue weighted by Gasteiger charge is -2.34. The van der Waals surface area contributed by atoms with Gasteiger partial charge in [0.15, 0.2) is 0 Å². The maximum atomic E-state index is 9.88. The van der Waals surface area contributed by atoms with Gasteiger partial charge in [-0.3, -0.25) is 4.90 Å². The molecule has 1 aromatic carbocycles. The highest BCUT2D eigenvalue weighted by Gasteiger charge is 2.24. The fourth-order valence-corrected chi connectivity index (χ4v) is 2.75. The Hall–Kier alpha value is -0.890. The number of benzene rings is 1. The van der Waals surface area contributed by atoms with E-state index in [1.165, 1.54) is 0 Å². The van der Waals surface area contributed by atoms with E-state index in [4.69, 9.17) is 5.26 Å². The van der Waals surface area contributed by atoms with Gasteiger partial charge in [-0.25, -0.2) is 0 Å². The fourth-order valence-electron chi connectivity index (χ4n) is 2.24. The Balaban J connectivity index is 2.04. The molecule has 1 heterocycles. The van der Waals surface area contributed by atoms with Crippen molar-refractivity contribution in [2.75, 3.05) is 13.1 Å². The first-order chi connectivity index (χ1) is 8.60. The summed E-state index contributed by atoms with van der Waals surface area (Å²) < 4.78 is 0.967. The zero-order valence-corrected chi connectivity index (χ0v) is 12.0. The lowest BCUT2D eigenvalue weighted by molar-refractivity contribution is 0.0258. The van der Waals surface area contributed by atoms with Gasteiger partial charge in [0.05, 0.1) is 17.7 Å². The molecule has 1 N–H and O–H groups in total. The number of hydrogen-bond acceptors (Lipinski definition) is 3. The molecule has 0 spiro atoms. The van der Waals surface area contributed by atoms with Crippen LogP contribution in [0.1, 0.15) is 24.5 Å². The van der Waals surface area contributed by atoms with E-state index in [1.807, 2.05) is 18.2 Å². The highest BCUT2D eigenvalue weighted by atomic mass is 79.9. The standard InChI is InChI=1S/C14H17BrN2O/c1-10-4-5-17(9-14(10)18)8-12-3-2-11(7-16)6-13(12)15/h2-3,6,10,14,18H,4-5,8-9H2,1H3/t10-,14+/m0/s1. The van der Waals surface area contributed by atoms with Crippen LogP contribution in [0.2, 0.25) is 0 Å². The van der Waals surface area contributed by atoms with E-state index in [0.717, 1.165) is 36.1 Å². The SMILES string of the molecule is C[C@H]1CCN(Cc2ccc(C#N)cc2Br)C[C@H]1O. The van der Waals surface area contributed by atoms with Crippen LogP contribution in [0, 0.1) is 17.2 Å². The molecule has 0 aliphatic carbocycles. The van der Waals surface area contributed by atoms with Gasteiger partial charge in [0, 0.05) is 17.6 Å². The molecule has 0 radical (unpaired) electrons. The van der Waals surface area contributed by atoms with Crippen molar-refractivity contribution in [1.82, 2.24) is 4.90 Å². The molecule has 1 fully saturated rings. The predicted octanol–water partition coefficient (Wildman–Crippen LogP) is 2.52. The molecule has 0 aromatic heterocycles. The van der Waals surface area contributed by atoms with Crippen molar-refractivity contribution in [2.45, 2.75) is 26.0 Å². The normalized spacial score (nSPS) is 24.8. The summed E-state index contributed by atoms with van der Waals surface area (Å²) in [6.07, 6.45) is 0.811. The van der Waals surface area contributed by atoms with Gasteiger partial charge in [-0.2, -0.15) is 5.26 Å². The van der Waals surface area contributed by atoms with E-state index < -0.39 is 0 Å². The van der Waals surface area contributed by atoms with Crippen LogP contribution in [0.15, 0.2) is 22.7 Å². The summed E-state index contributed by atoms with van der Waals surface area (Å²) in [4.78, 5) is 2.26. The van der Waals surface area contributed by atoms with Crippen molar-refractivity contribution < 1.29 is 5.11 Å². The second-order valence-electron chi connectivity index (χ2n) is 4.99. The van der Waals surface area contributed by atoms with Crippen LogP contribution in [0.5, 0.6) is 0 Å². The minimum atomic E-state index is -0.226. The first-order valence-corrected chi connectivity index (χ1v) is 6.98. The van der Waals surface area contributed by atoms with Crippen LogP contribution in [-0.4, -0.2) is 29.2 Å². The Morgan fingerprint density at radius 2 is 2.33 bits per heavy atom. The topological polar surface area (TPSA) is 47.3 Å². The van der Waals surface area contributed by atoms with Gasteiger partial charge in [0.2, 0.25) is 0 Å². The number of rotatable bonds is 2. The Morgan fingerprint density at radius 1 is 1.56 bits per heavy atom. The second kappa shape index (κ2) is 5.83. The molecule has 96 valence electrons. The number of aliphatic hydroxyl groups excluding tert-OH is 1. The quantitative estimate of drug-likeness (QED) is 0.913. The van der Waals surface area contributed by atoms with Gasteiger partial charge in [-0.05, 0) is 36.6 Å². The molecule has 0 bridgehead atoms. The predicted molar refractivity (Wildman–Crippen MR) is 73.9 cm³/mol. The summed E-state index contributed by atoms with van der Waals surface area (Å²) in [5, 5.41) is 18.7.